The SMILES string of the molecule is C=C1C=C[C-]=C(c2c(O)cccc2F)N1CC(F)F.[Y]. The van der Waals surface area contributed by atoms with Gasteiger partial charge in [0.15, 0.2) is 0 Å². The summed E-state index contributed by atoms with van der Waals surface area (Å²) in [6.45, 7) is 2.99. The van der Waals surface area contributed by atoms with Crippen molar-refractivity contribution in [2.75, 3.05) is 6.54 Å². The van der Waals surface area contributed by atoms with Crippen LogP contribution in [0, 0.1) is 11.9 Å². The number of phenols is 1. The Morgan fingerprint density at radius 3 is 2.65 bits per heavy atom. The monoisotopic (exact) mass is 355 g/mol. The van der Waals surface area contributed by atoms with Crippen LogP contribution in [-0.2, 0) is 32.7 Å². The summed E-state index contributed by atoms with van der Waals surface area (Å²) in [6, 6.07) is 3.76. The molecular formula is C14H11F3NOY-. The topological polar surface area (TPSA) is 23.5 Å². The molecule has 20 heavy (non-hydrogen) atoms. The molecule has 1 heterocycles. The van der Waals surface area contributed by atoms with E-state index in [0.717, 1.165) is 11.0 Å². The third kappa shape index (κ3) is 3.52. The minimum atomic E-state index is -2.62. The van der Waals surface area contributed by atoms with Gasteiger partial charge < -0.3 is 10.0 Å². The zero-order chi connectivity index (χ0) is 14.0. The second-order valence-electron chi connectivity index (χ2n) is 3.95. The van der Waals surface area contributed by atoms with Crippen LogP contribution in [0.4, 0.5) is 13.2 Å². The van der Waals surface area contributed by atoms with Crippen molar-refractivity contribution in [3.8, 4) is 5.75 Å². The van der Waals surface area contributed by atoms with Crippen LogP contribution in [0.3, 0.4) is 0 Å². The predicted molar refractivity (Wildman–Crippen MR) is 65.7 cm³/mol. The summed E-state index contributed by atoms with van der Waals surface area (Å²) < 4.78 is 38.9. The summed E-state index contributed by atoms with van der Waals surface area (Å²) in [4.78, 5) is 1.13. The molecule has 0 fully saturated rings. The van der Waals surface area contributed by atoms with Gasteiger partial charge in [-0.15, -0.1) is 6.08 Å². The molecular weight excluding hydrogens is 344 g/mol. The van der Waals surface area contributed by atoms with Gasteiger partial charge in [-0.25, -0.2) is 13.2 Å². The van der Waals surface area contributed by atoms with E-state index in [1.165, 1.54) is 24.3 Å². The summed E-state index contributed by atoms with van der Waals surface area (Å²) in [7, 11) is 0. The average molecular weight is 355 g/mol. The molecule has 0 atom stereocenters. The molecule has 1 aliphatic heterocycles. The van der Waals surface area contributed by atoms with Crippen molar-refractivity contribution in [1.82, 2.24) is 4.90 Å². The van der Waals surface area contributed by atoms with Crippen LogP contribution in [0.2, 0.25) is 0 Å². The Hall–Kier alpha value is -1.07. The first-order valence-electron chi connectivity index (χ1n) is 5.53. The van der Waals surface area contributed by atoms with Gasteiger partial charge in [-0.1, -0.05) is 18.3 Å². The minimum Gasteiger partial charge on any atom is -0.520 e. The molecule has 1 aliphatic rings. The average Bonchev–Trinajstić information content (AvgIpc) is 2.32. The van der Waals surface area contributed by atoms with Crippen molar-refractivity contribution in [3.05, 3.63) is 60.1 Å². The van der Waals surface area contributed by atoms with Gasteiger partial charge >= 0.3 is 0 Å². The molecule has 103 valence electrons. The summed E-state index contributed by atoms with van der Waals surface area (Å²) in [5.41, 5.74) is 0.175. The largest absolute Gasteiger partial charge is 0.520 e. The van der Waals surface area contributed by atoms with Crippen molar-refractivity contribution in [3.63, 3.8) is 0 Å². The van der Waals surface area contributed by atoms with E-state index in [1.54, 1.807) is 0 Å². The molecule has 2 nitrogen and oxygen atoms in total. The maximum Gasteiger partial charge on any atom is 0.256 e. The molecule has 1 aromatic rings. The number of hydrogen-bond acceptors (Lipinski definition) is 2. The van der Waals surface area contributed by atoms with Gasteiger partial charge in [0.2, 0.25) is 0 Å². The molecule has 0 spiro atoms. The van der Waals surface area contributed by atoms with E-state index in [1.807, 2.05) is 0 Å². The number of nitrogens with zero attached hydrogens (tertiary/aromatic N) is 1. The third-order valence-corrected chi connectivity index (χ3v) is 2.66. The van der Waals surface area contributed by atoms with Gasteiger partial charge in [-0.3, -0.25) is 0 Å². The Bertz CT molecular complexity index is 549. The third-order valence-electron chi connectivity index (χ3n) is 2.66. The normalized spacial score (nSPS) is 14.3. The fourth-order valence-electron chi connectivity index (χ4n) is 1.83. The van der Waals surface area contributed by atoms with Crippen molar-refractivity contribution in [2.45, 2.75) is 6.43 Å². The Labute approximate surface area is 140 Å². The summed E-state index contributed by atoms with van der Waals surface area (Å²) in [5.74, 6) is -1.03. The number of allylic oxidation sites excluding steroid dienone is 3. The van der Waals surface area contributed by atoms with E-state index < -0.39 is 18.8 Å². The zero-order valence-corrected chi connectivity index (χ0v) is 13.3. The van der Waals surface area contributed by atoms with Crippen LogP contribution in [-0.4, -0.2) is 23.0 Å². The van der Waals surface area contributed by atoms with Crippen LogP contribution in [0.15, 0.2) is 42.6 Å². The fourth-order valence-corrected chi connectivity index (χ4v) is 1.83. The second kappa shape index (κ2) is 7.09. The Morgan fingerprint density at radius 1 is 1.35 bits per heavy atom. The maximum absolute atomic E-state index is 13.8. The molecule has 1 aromatic carbocycles. The number of rotatable bonds is 3. The van der Waals surface area contributed by atoms with E-state index in [0.29, 0.717) is 0 Å². The smallest absolute Gasteiger partial charge is 0.256 e. The van der Waals surface area contributed by atoms with Crippen LogP contribution < -0.4 is 0 Å². The van der Waals surface area contributed by atoms with Gasteiger partial charge in [0, 0.05) is 32.7 Å². The van der Waals surface area contributed by atoms with Gasteiger partial charge in [0.05, 0.1) is 18.1 Å². The standard InChI is InChI=1S/C14H11F3NO.Y/c1-9-4-2-6-11(18(9)8-13(16)17)14-10(15)5-3-7-12(14)19;/h2-5,7,13,19H,1,8H2;/q-1;. The van der Waals surface area contributed by atoms with Crippen LogP contribution >= 0.6 is 0 Å². The molecule has 0 aliphatic carbocycles. The molecule has 0 bridgehead atoms. The molecule has 0 aromatic heterocycles. The van der Waals surface area contributed by atoms with Gasteiger partial charge in [0.1, 0.15) is 0 Å². The molecule has 0 saturated carbocycles. The first-order chi connectivity index (χ1) is 9.00. The van der Waals surface area contributed by atoms with E-state index in [2.05, 4.69) is 12.7 Å². The number of halogens is 3. The minimum absolute atomic E-state index is 0. The van der Waals surface area contributed by atoms with E-state index in [4.69, 9.17) is 0 Å². The second-order valence-corrected chi connectivity index (χ2v) is 3.95. The van der Waals surface area contributed by atoms with Gasteiger partial charge in [-0.05, 0) is 23.4 Å². The molecule has 1 radical (unpaired) electrons. The summed E-state index contributed by atoms with van der Waals surface area (Å²) in [5, 5.41) is 9.71. The van der Waals surface area contributed by atoms with E-state index in [9.17, 15) is 18.3 Å². The zero-order valence-electron chi connectivity index (χ0n) is 10.5. The van der Waals surface area contributed by atoms with Crippen LogP contribution in [0.5, 0.6) is 5.75 Å². The molecule has 2 rings (SSSR count). The summed E-state index contributed by atoms with van der Waals surface area (Å²) >= 11 is 0. The van der Waals surface area contributed by atoms with E-state index >= 15 is 0 Å². The van der Waals surface area contributed by atoms with Crippen molar-refractivity contribution >= 4 is 5.70 Å². The molecule has 0 amide bonds. The van der Waals surface area contributed by atoms with E-state index in [-0.39, 0.29) is 55.4 Å². The molecule has 0 unspecified atom stereocenters. The number of phenolic OH excluding ortho intramolecular Hbond substituents is 1. The number of hydrogen-bond donors (Lipinski definition) is 1. The Kier molecular flexibility index (Phi) is 6.02. The van der Waals surface area contributed by atoms with Crippen LogP contribution in [0.1, 0.15) is 5.56 Å². The number of aromatic hydroxyl groups is 1. The van der Waals surface area contributed by atoms with Crippen LogP contribution in [0.25, 0.3) is 5.70 Å². The first-order valence-corrected chi connectivity index (χ1v) is 5.53. The Morgan fingerprint density at radius 2 is 2.05 bits per heavy atom. The molecule has 1 N–H and O–H groups in total. The summed E-state index contributed by atoms with van der Waals surface area (Å²) in [6.07, 6.45) is 2.99. The maximum atomic E-state index is 13.8. The Balaban J connectivity index is 0.00000200. The quantitative estimate of drug-likeness (QED) is 0.841. The number of alkyl halides is 2. The van der Waals surface area contributed by atoms with Crippen molar-refractivity contribution in [1.29, 1.82) is 0 Å². The predicted octanol–water partition coefficient (Wildman–Crippen LogP) is 3.32. The van der Waals surface area contributed by atoms with Gasteiger partial charge in [0.25, 0.3) is 6.43 Å². The first kappa shape index (κ1) is 17.0. The fraction of sp³-hybridized carbons (Fsp3) is 0.143. The van der Waals surface area contributed by atoms with Crippen molar-refractivity contribution < 1.29 is 51.0 Å². The van der Waals surface area contributed by atoms with Gasteiger partial charge in [-0.2, -0.15) is 12.2 Å². The molecule has 6 heteroatoms. The van der Waals surface area contributed by atoms with Crippen molar-refractivity contribution in [2.24, 2.45) is 0 Å². The number of benzene rings is 1. The molecule has 0 saturated heterocycles.